The van der Waals surface area contributed by atoms with Crippen LogP contribution in [0.4, 0.5) is 0 Å². The van der Waals surface area contributed by atoms with Gasteiger partial charge in [0.25, 0.3) is 0 Å². The zero-order valence-corrected chi connectivity index (χ0v) is 5.94. The Morgan fingerprint density at radius 1 is 1.50 bits per heavy atom. The topological polar surface area (TPSA) is 26.1 Å². The normalized spacial score (nSPS) is 13.9. The van der Waals surface area contributed by atoms with Gasteiger partial charge in [0, 0.05) is 7.05 Å². The second-order valence-electron chi connectivity index (χ2n) is 1.74. The first-order chi connectivity index (χ1) is 3.85. The Labute approximate surface area is 51.7 Å². The predicted molar refractivity (Wildman–Crippen MR) is 35.8 cm³/mol. The molecule has 0 heterocycles. The molecule has 2 heteroatoms. The van der Waals surface area contributed by atoms with E-state index in [4.69, 9.17) is 0 Å². The predicted octanol–water partition coefficient (Wildman–Crippen LogP) is 0.566. The lowest BCUT2D eigenvalue weighted by atomic mass is 10.4. The third kappa shape index (κ3) is 2.99. The van der Waals surface area contributed by atoms with Gasteiger partial charge < -0.3 is 5.32 Å². The summed E-state index contributed by atoms with van der Waals surface area (Å²) in [5.41, 5.74) is 0. The van der Waals surface area contributed by atoms with Crippen molar-refractivity contribution < 1.29 is 0 Å². The molecule has 1 radical (unpaired) electrons. The fourth-order valence-electron chi connectivity index (χ4n) is 0.654. The Hall–Kier alpha value is -0.0800. The van der Waals surface area contributed by atoms with Crippen molar-refractivity contribution in [2.24, 2.45) is 0 Å². The summed E-state index contributed by atoms with van der Waals surface area (Å²) in [7, 11) is 1.84. The van der Waals surface area contributed by atoms with Crippen LogP contribution < -0.4 is 10.6 Å². The van der Waals surface area contributed by atoms with Gasteiger partial charge in [-0.2, -0.15) is 0 Å². The van der Waals surface area contributed by atoms with Gasteiger partial charge >= 0.3 is 0 Å². The van der Waals surface area contributed by atoms with Gasteiger partial charge in [0.15, 0.2) is 0 Å². The van der Waals surface area contributed by atoms with Crippen LogP contribution >= 0.6 is 0 Å². The molecule has 2 nitrogen and oxygen atoms in total. The fourth-order valence-corrected chi connectivity index (χ4v) is 0.654. The van der Waals surface area contributed by atoms with E-state index in [1.165, 1.54) is 0 Å². The number of rotatable bonds is 4. The highest BCUT2D eigenvalue weighted by Gasteiger charge is 1.97. The average Bonchev–Trinajstić information content (AvgIpc) is 1.83. The Kier molecular flexibility index (Phi) is 5.01. The molecular weight excluding hydrogens is 100 g/mol. The molecule has 0 aromatic carbocycles. The molecule has 8 heavy (non-hydrogen) atoms. The minimum absolute atomic E-state index is 0.375. The lowest BCUT2D eigenvalue weighted by Gasteiger charge is -2.11. The maximum absolute atomic E-state index is 4.09. The van der Waals surface area contributed by atoms with Gasteiger partial charge in [0.1, 0.15) is 0 Å². The first-order valence-corrected chi connectivity index (χ1v) is 3.17. The van der Waals surface area contributed by atoms with E-state index in [0.717, 1.165) is 13.0 Å². The van der Waals surface area contributed by atoms with Crippen LogP contribution in [0.1, 0.15) is 20.3 Å². The Balaban J connectivity index is 3.07. The zero-order valence-electron chi connectivity index (χ0n) is 5.94. The molecule has 1 atom stereocenters. The van der Waals surface area contributed by atoms with Gasteiger partial charge in [-0.1, -0.05) is 13.8 Å². The third-order valence-electron chi connectivity index (χ3n) is 1.14. The first-order valence-electron chi connectivity index (χ1n) is 3.17. The second kappa shape index (κ2) is 5.06. The van der Waals surface area contributed by atoms with Gasteiger partial charge in [-0.25, -0.2) is 5.32 Å². The van der Waals surface area contributed by atoms with E-state index in [9.17, 15) is 0 Å². The smallest absolute Gasteiger partial charge is 0.0729 e. The van der Waals surface area contributed by atoms with Gasteiger partial charge in [-0.05, 0) is 13.0 Å². The highest BCUT2D eigenvalue weighted by molar-refractivity contribution is 4.55. The molecule has 0 bridgehead atoms. The van der Waals surface area contributed by atoms with Crippen molar-refractivity contribution in [2.75, 3.05) is 13.6 Å². The molecule has 0 rings (SSSR count). The maximum Gasteiger partial charge on any atom is 0.0729 e. The summed E-state index contributed by atoms with van der Waals surface area (Å²) in [6, 6.07) is 0. The third-order valence-corrected chi connectivity index (χ3v) is 1.14. The average molecular weight is 115 g/mol. The zero-order chi connectivity index (χ0) is 6.41. The Morgan fingerprint density at radius 3 is 2.25 bits per heavy atom. The Bertz CT molecular complexity index is 41.8. The van der Waals surface area contributed by atoms with Crippen LogP contribution in [0.3, 0.4) is 0 Å². The summed E-state index contributed by atoms with van der Waals surface area (Å²) in [5.74, 6) is 0. The maximum atomic E-state index is 4.09. The van der Waals surface area contributed by atoms with Crippen molar-refractivity contribution in [3.8, 4) is 0 Å². The summed E-state index contributed by atoms with van der Waals surface area (Å²) in [5, 5.41) is 7.30. The molecule has 0 saturated heterocycles. The van der Waals surface area contributed by atoms with Crippen molar-refractivity contribution in [3.63, 3.8) is 0 Å². The van der Waals surface area contributed by atoms with Crippen LogP contribution in [0.5, 0.6) is 0 Å². The molecule has 0 spiro atoms. The van der Waals surface area contributed by atoms with E-state index in [1.807, 2.05) is 7.05 Å². The summed E-state index contributed by atoms with van der Waals surface area (Å²) < 4.78 is 0. The van der Waals surface area contributed by atoms with Crippen molar-refractivity contribution >= 4 is 0 Å². The highest BCUT2D eigenvalue weighted by Crippen LogP contribution is 1.82. The molecular formula is C6H15N2. The van der Waals surface area contributed by atoms with Gasteiger partial charge in [0.2, 0.25) is 0 Å². The molecule has 0 fully saturated rings. The lowest BCUT2D eigenvalue weighted by Crippen LogP contribution is -2.34. The molecule has 0 aliphatic rings. The van der Waals surface area contributed by atoms with E-state index in [1.54, 1.807) is 0 Å². The van der Waals surface area contributed by atoms with Gasteiger partial charge in [0.05, 0.1) is 6.17 Å². The van der Waals surface area contributed by atoms with E-state index in [0.29, 0.717) is 6.17 Å². The van der Waals surface area contributed by atoms with E-state index in [2.05, 4.69) is 24.5 Å². The minimum atomic E-state index is 0.375. The number of nitrogens with zero attached hydrogens (tertiary/aromatic N) is 1. The second-order valence-corrected chi connectivity index (χ2v) is 1.74. The Morgan fingerprint density at radius 2 is 2.12 bits per heavy atom. The van der Waals surface area contributed by atoms with Crippen LogP contribution in [0, 0.1) is 0 Å². The van der Waals surface area contributed by atoms with Crippen molar-refractivity contribution in [3.05, 3.63) is 0 Å². The summed E-state index contributed by atoms with van der Waals surface area (Å²) in [4.78, 5) is 0. The van der Waals surface area contributed by atoms with Crippen LogP contribution in [0.2, 0.25) is 0 Å². The molecule has 0 aromatic rings. The standard InChI is InChI=1S/C6H15N2/c1-4-6(7-3)8-5-2/h6,8H,4-5H2,1-3H3. The van der Waals surface area contributed by atoms with E-state index >= 15 is 0 Å². The van der Waals surface area contributed by atoms with Gasteiger partial charge in [-0.15, -0.1) is 0 Å². The van der Waals surface area contributed by atoms with Crippen molar-refractivity contribution in [1.82, 2.24) is 10.6 Å². The van der Waals surface area contributed by atoms with Crippen LogP contribution in [-0.4, -0.2) is 19.8 Å². The quantitative estimate of drug-likeness (QED) is 0.569. The van der Waals surface area contributed by atoms with Gasteiger partial charge in [-0.3, -0.25) is 0 Å². The summed E-state index contributed by atoms with van der Waals surface area (Å²) >= 11 is 0. The number of hydrogen-bond donors (Lipinski definition) is 1. The molecule has 0 aliphatic heterocycles. The van der Waals surface area contributed by atoms with Crippen LogP contribution in [-0.2, 0) is 0 Å². The molecule has 0 amide bonds. The highest BCUT2D eigenvalue weighted by atomic mass is 15.1. The number of nitrogens with one attached hydrogen (secondary N) is 1. The van der Waals surface area contributed by atoms with Crippen LogP contribution in [0.15, 0.2) is 0 Å². The SMILES string of the molecule is CCNC(CC)[N]C. The van der Waals surface area contributed by atoms with E-state index < -0.39 is 0 Å². The molecule has 1 N–H and O–H groups in total. The molecule has 1 unspecified atom stereocenters. The fraction of sp³-hybridized carbons (Fsp3) is 1.00. The molecule has 0 aliphatic carbocycles. The molecule has 0 aromatic heterocycles. The first kappa shape index (κ1) is 7.92. The molecule has 0 saturated carbocycles. The lowest BCUT2D eigenvalue weighted by molar-refractivity contribution is 0.448. The minimum Gasteiger partial charge on any atom is -0.301 e. The van der Waals surface area contributed by atoms with Crippen molar-refractivity contribution in [2.45, 2.75) is 26.4 Å². The van der Waals surface area contributed by atoms with E-state index in [-0.39, 0.29) is 0 Å². The van der Waals surface area contributed by atoms with Crippen LogP contribution in [0.25, 0.3) is 0 Å². The largest absolute Gasteiger partial charge is 0.301 e. The monoisotopic (exact) mass is 115 g/mol. The summed E-state index contributed by atoms with van der Waals surface area (Å²) in [6.45, 7) is 5.23. The van der Waals surface area contributed by atoms with Crippen molar-refractivity contribution in [1.29, 1.82) is 0 Å². The molecule has 49 valence electrons. The number of hydrogen-bond acceptors (Lipinski definition) is 1. The summed E-state index contributed by atoms with van der Waals surface area (Å²) in [6.07, 6.45) is 1.46.